The summed E-state index contributed by atoms with van der Waals surface area (Å²) in [7, 11) is 1.82. The van der Waals surface area contributed by atoms with E-state index in [4.69, 9.17) is 4.98 Å². The molecule has 0 unspecified atom stereocenters. The number of aliphatic imine (C=N–C) groups is 1. The molecule has 0 aliphatic carbocycles. The molecule has 2 N–H and O–H groups in total. The molecule has 0 atom stereocenters. The largest absolute Gasteiger partial charge is 0.336 e. The second-order valence-electron chi connectivity index (χ2n) is 9.84. The van der Waals surface area contributed by atoms with Gasteiger partial charge in [0.2, 0.25) is 0 Å². The third kappa shape index (κ3) is 4.68. The molecule has 1 aliphatic heterocycles. The van der Waals surface area contributed by atoms with Crippen LogP contribution in [0, 0.1) is 5.82 Å². The van der Waals surface area contributed by atoms with Crippen LogP contribution in [-0.4, -0.2) is 72.8 Å². The van der Waals surface area contributed by atoms with E-state index in [0.29, 0.717) is 58.3 Å². The average Bonchev–Trinajstić information content (AvgIpc) is 3.65. The average molecular weight is 547 g/mol. The molecule has 0 radical (unpaired) electrons. The fourth-order valence-electron chi connectivity index (χ4n) is 4.92. The number of alkyl halides is 2. The maximum absolute atomic E-state index is 16.1. The Morgan fingerprint density at radius 3 is 2.90 bits per heavy atom. The molecule has 13 heteroatoms. The van der Waals surface area contributed by atoms with Gasteiger partial charge in [-0.25, -0.2) is 28.1 Å². The maximum atomic E-state index is 16.1. The van der Waals surface area contributed by atoms with E-state index in [0.717, 1.165) is 0 Å². The minimum absolute atomic E-state index is 0.163. The summed E-state index contributed by atoms with van der Waals surface area (Å²) in [6, 6.07) is 3.52. The zero-order chi connectivity index (χ0) is 28.0. The summed E-state index contributed by atoms with van der Waals surface area (Å²) >= 11 is 0. The molecule has 1 saturated heterocycles. The molecule has 6 heterocycles. The molecule has 0 bridgehead atoms. The van der Waals surface area contributed by atoms with Gasteiger partial charge in [0.1, 0.15) is 17.0 Å². The maximum Gasteiger partial charge on any atom is 0.261 e. The van der Waals surface area contributed by atoms with Crippen molar-refractivity contribution in [1.82, 2.24) is 40.0 Å². The Bertz CT molecular complexity index is 1770. The highest BCUT2D eigenvalue weighted by Gasteiger charge is 2.38. The van der Waals surface area contributed by atoms with Gasteiger partial charge in [-0.3, -0.25) is 20.0 Å². The van der Waals surface area contributed by atoms with E-state index in [1.54, 1.807) is 40.5 Å². The third-order valence-electron chi connectivity index (χ3n) is 6.86. The van der Waals surface area contributed by atoms with Crippen LogP contribution >= 0.6 is 0 Å². The fourth-order valence-corrected chi connectivity index (χ4v) is 4.92. The van der Waals surface area contributed by atoms with Gasteiger partial charge in [0.15, 0.2) is 17.3 Å². The first-order chi connectivity index (χ1) is 19.2. The lowest BCUT2D eigenvalue weighted by Gasteiger charge is -2.15. The lowest BCUT2D eigenvalue weighted by Crippen LogP contribution is -2.24. The Kier molecular flexibility index (Phi) is 6.29. The molecule has 6 rings (SSSR count). The first-order valence-electron chi connectivity index (χ1n) is 12.5. The van der Waals surface area contributed by atoms with Gasteiger partial charge in [-0.05, 0) is 31.3 Å². The molecule has 204 valence electrons. The van der Waals surface area contributed by atoms with Gasteiger partial charge in [0, 0.05) is 68.7 Å². The van der Waals surface area contributed by atoms with Crippen molar-refractivity contribution in [2.24, 2.45) is 4.99 Å². The van der Waals surface area contributed by atoms with Crippen LogP contribution in [0.5, 0.6) is 0 Å². The number of hydrogen-bond donors (Lipinski definition) is 2. The molecule has 5 aromatic heterocycles. The highest BCUT2D eigenvalue weighted by atomic mass is 19.3. The smallest absolute Gasteiger partial charge is 0.261 e. The number of anilines is 1. The minimum atomic E-state index is -2.69. The molecule has 10 nitrogen and oxygen atoms in total. The Balaban J connectivity index is 1.38. The number of fused-ring (bicyclic) bond motifs is 2. The summed E-state index contributed by atoms with van der Waals surface area (Å²) in [5.41, 5.74) is 3.89. The van der Waals surface area contributed by atoms with Crippen molar-refractivity contribution in [1.29, 1.82) is 0 Å². The van der Waals surface area contributed by atoms with Gasteiger partial charge >= 0.3 is 0 Å². The molecule has 5 aromatic rings. The van der Waals surface area contributed by atoms with Crippen molar-refractivity contribution in [3.8, 4) is 22.6 Å². The Hall–Kier alpha value is -4.65. The van der Waals surface area contributed by atoms with Crippen LogP contribution in [0.1, 0.15) is 18.9 Å². The van der Waals surface area contributed by atoms with E-state index < -0.39 is 11.7 Å². The number of halogens is 3. The fraction of sp³-hybridized carbons (Fsp3) is 0.259. The van der Waals surface area contributed by atoms with Gasteiger partial charge < -0.3 is 9.88 Å². The molecular formula is C27H25F3N10. The Morgan fingerprint density at radius 2 is 2.12 bits per heavy atom. The van der Waals surface area contributed by atoms with Crippen LogP contribution in [-0.2, 0) is 6.54 Å². The van der Waals surface area contributed by atoms with Gasteiger partial charge in [-0.1, -0.05) is 0 Å². The number of nitrogens with zero attached hydrogens (tertiary/aromatic N) is 8. The standard InChI is InChI=1S/C27H25F3N10/c1-15(31-2)12-39(3)26-22-19(4-6-33-26)35-25(36-22)23-20-21(28)18(11-34-24(20)38-37-23)17-8-16(9-32-10-17)13-40-7-5-27(29,30)14-40/h4,6,8-12H,2,5,7,13-14H2,1,3H3,(H,35,36)(H,34,37,38)/b15-12-. The van der Waals surface area contributed by atoms with Crippen LogP contribution in [0.3, 0.4) is 0 Å². The number of imidazole rings is 1. The van der Waals surface area contributed by atoms with Crippen molar-refractivity contribution < 1.29 is 13.2 Å². The van der Waals surface area contributed by atoms with Crippen molar-refractivity contribution in [2.75, 3.05) is 25.0 Å². The SMILES string of the molecule is C=N/C(C)=C\N(C)c1nccc2[nH]c(-c3[nH]nc4ncc(-c5cncc(CN6CCC(F)(F)C6)c5)c(F)c34)nc12. The summed E-state index contributed by atoms with van der Waals surface area (Å²) in [5, 5.41) is 7.21. The molecule has 0 amide bonds. The van der Waals surface area contributed by atoms with E-state index in [-0.39, 0.29) is 29.6 Å². The number of nitrogens with one attached hydrogen (secondary N) is 2. The van der Waals surface area contributed by atoms with E-state index in [1.165, 1.54) is 12.4 Å². The lowest BCUT2D eigenvalue weighted by molar-refractivity contribution is 0.0115. The topological polar surface area (TPSA) is 115 Å². The molecule has 1 aliphatic rings. The van der Waals surface area contributed by atoms with E-state index in [1.807, 2.05) is 14.0 Å². The summed E-state index contributed by atoms with van der Waals surface area (Å²) in [6.45, 7) is 5.64. The molecule has 1 fully saturated rings. The van der Waals surface area contributed by atoms with Gasteiger partial charge in [0.05, 0.1) is 23.1 Å². The van der Waals surface area contributed by atoms with Gasteiger partial charge in [-0.2, -0.15) is 5.10 Å². The van der Waals surface area contributed by atoms with Crippen molar-refractivity contribution in [2.45, 2.75) is 25.8 Å². The molecule has 40 heavy (non-hydrogen) atoms. The number of H-pyrrole nitrogens is 2. The zero-order valence-corrected chi connectivity index (χ0v) is 21.8. The minimum Gasteiger partial charge on any atom is -0.336 e. The van der Waals surface area contributed by atoms with Crippen molar-refractivity contribution in [3.05, 3.63) is 60.2 Å². The monoisotopic (exact) mass is 546 g/mol. The van der Waals surface area contributed by atoms with Crippen molar-refractivity contribution in [3.63, 3.8) is 0 Å². The number of rotatable bonds is 7. The second-order valence-corrected chi connectivity index (χ2v) is 9.84. The summed E-state index contributed by atoms with van der Waals surface area (Å²) in [5.74, 6) is -2.30. The quantitative estimate of drug-likeness (QED) is 0.278. The van der Waals surface area contributed by atoms with Gasteiger partial charge in [0.25, 0.3) is 5.92 Å². The molecular weight excluding hydrogens is 521 g/mol. The lowest BCUT2D eigenvalue weighted by atomic mass is 10.0. The second kappa shape index (κ2) is 9.83. The van der Waals surface area contributed by atoms with Crippen LogP contribution in [0.4, 0.5) is 19.0 Å². The predicted molar refractivity (Wildman–Crippen MR) is 147 cm³/mol. The zero-order valence-electron chi connectivity index (χ0n) is 21.8. The normalized spacial score (nSPS) is 15.8. The van der Waals surface area contributed by atoms with E-state index in [9.17, 15) is 8.78 Å². The third-order valence-corrected chi connectivity index (χ3v) is 6.86. The first-order valence-corrected chi connectivity index (χ1v) is 12.5. The summed E-state index contributed by atoms with van der Waals surface area (Å²) in [4.78, 5) is 28.3. The van der Waals surface area contributed by atoms with E-state index in [2.05, 4.69) is 41.8 Å². The molecule has 0 saturated carbocycles. The first kappa shape index (κ1) is 25.6. The van der Waals surface area contributed by atoms with Crippen LogP contribution in [0.2, 0.25) is 0 Å². The summed E-state index contributed by atoms with van der Waals surface area (Å²) in [6.07, 6.45) is 7.78. The van der Waals surface area contributed by atoms with Crippen LogP contribution in [0.15, 0.2) is 53.8 Å². The van der Waals surface area contributed by atoms with Gasteiger partial charge in [-0.15, -0.1) is 0 Å². The summed E-state index contributed by atoms with van der Waals surface area (Å²) < 4.78 is 43.4. The number of allylic oxidation sites excluding steroid dienone is 1. The number of aromatic amines is 2. The predicted octanol–water partition coefficient (Wildman–Crippen LogP) is 4.94. The Labute approximate surface area is 226 Å². The van der Waals surface area contributed by atoms with Crippen molar-refractivity contribution >= 4 is 34.6 Å². The molecule has 0 spiro atoms. The molecule has 0 aromatic carbocycles. The highest BCUT2D eigenvalue weighted by Crippen LogP contribution is 2.34. The Morgan fingerprint density at radius 1 is 1.27 bits per heavy atom. The van der Waals surface area contributed by atoms with Crippen LogP contribution in [0.25, 0.3) is 44.7 Å². The number of likely N-dealkylation sites (tertiary alicyclic amines) is 1. The van der Waals surface area contributed by atoms with E-state index >= 15 is 4.39 Å². The number of hydrogen-bond acceptors (Lipinski definition) is 8. The number of aromatic nitrogens is 7. The number of pyridine rings is 3. The highest BCUT2D eigenvalue weighted by molar-refractivity contribution is 5.96. The van der Waals surface area contributed by atoms with Crippen LogP contribution < -0.4 is 4.90 Å².